The van der Waals surface area contributed by atoms with E-state index in [-0.39, 0.29) is 25.0 Å². The lowest BCUT2D eigenvalue weighted by atomic mass is 9.91. The number of thioether (sulfide) groups is 1. The van der Waals surface area contributed by atoms with Gasteiger partial charge >= 0.3 is 5.97 Å². The summed E-state index contributed by atoms with van der Waals surface area (Å²) in [5, 5.41) is 5.64. The van der Waals surface area contributed by atoms with Crippen LogP contribution in [0, 0.1) is 0 Å². The van der Waals surface area contributed by atoms with Crippen LogP contribution in [0.1, 0.15) is 50.8 Å². The number of methoxy groups -OCH3 is 2. The lowest BCUT2D eigenvalue weighted by Gasteiger charge is -2.37. The van der Waals surface area contributed by atoms with Crippen molar-refractivity contribution < 1.29 is 23.8 Å². The number of ether oxygens (including phenoxy) is 3. The van der Waals surface area contributed by atoms with Crippen LogP contribution in [0.4, 0.5) is 0 Å². The number of hydrogen-bond donors (Lipinski definition) is 1. The predicted molar refractivity (Wildman–Crippen MR) is 150 cm³/mol. The highest BCUT2D eigenvalue weighted by atomic mass is 32.2. The fourth-order valence-corrected chi connectivity index (χ4v) is 5.30. The smallest absolute Gasteiger partial charge is 0.338 e. The van der Waals surface area contributed by atoms with E-state index in [0.29, 0.717) is 27.9 Å². The van der Waals surface area contributed by atoms with E-state index in [1.807, 2.05) is 66.6 Å². The van der Waals surface area contributed by atoms with Crippen molar-refractivity contribution in [2.45, 2.75) is 45.7 Å². The molecule has 0 bridgehead atoms. The number of aliphatic imine (C=N–C) groups is 1. The average molecular weight is 536 g/mol. The molecule has 2 aromatic carbocycles. The van der Waals surface area contributed by atoms with Crippen molar-refractivity contribution in [2.75, 3.05) is 20.8 Å². The Kier molecular flexibility index (Phi) is 8.78. The first-order valence-electron chi connectivity index (χ1n) is 12.6. The normalized spacial score (nSPS) is 17.3. The van der Waals surface area contributed by atoms with E-state index >= 15 is 0 Å². The van der Waals surface area contributed by atoms with Crippen molar-refractivity contribution >= 4 is 34.5 Å². The van der Waals surface area contributed by atoms with Crippen LogP contribution in [-0.2, 0) is 14.3 Å². The van der Waals surface area contributed by atoms with E-state index in [1.165, 1.54) is 11.8 Å². The standard InChI is InChI=1S/C29H33N3O5S/c1-6-18(3)30-24(33)15-21-17-38-29-31-26(19-11-9-8-10-12-19)25(28(34)37-7-2)27(32(21)29)20-13-22(35-4)16-23(14-20)36-5/h8-14,16-18,27H,6-7,15H2,1-5H3,(H,30,33)/t18-,27+/m0/s1. The van der Waals surface area contributed by atoms with Gasteiger partial charge in [-0.3, -0.25) is 4.79 Å². The summed E-state index contributed by atoms with van der Waals surface area (Å²) in [6.45, 7) is 5.99. The summed E-state index contributed by atoms with van der Waals surface area (Å²) >= 11 is 1.43. The summed E-state index contributed by atoms with van der Waals surface area (Å²) in [6.07, 6.45) is 0.975. The van der Waals surface area contributed by atoms with Gasteiger partial charge in [-0.15, -0.1) is 0 Å². The molecule has 1 N–H and O–H groups in total. The summed E-state index contributed by atoms with van der Waals surface area (Å²) in [4.78, 5) is 33.4. The van der Waals surface area contributed by atoms with Crippen LogP contribution >= 0.6 is 11.8 Å². The zero-order valence-corrected chi connectivity index (χ0v) is 23.1. The van der Waals surface area contributed by atoms with Gasteiger partial charge in [-0.1, -0.05) is 49.0 Å². The molecule has 0 aliphatic carbocycles. The second-order valence-electron chi connectivity index (χ2n) is 8.94. The number of nitrogens with one attached hydrogen (secondary N) is 1. The summed E-state index contributed by atoms with van der Waals surface area (Å²) in [7, 11) is 3.17. The maximum Gasteiger partial charge on any atom is 0.338 e. The molecule has 38 heavy (non-hydrogen) atoms. The van der Waals surface area contributed by atoms with Crippen molar-refractivity contribution in [1.29, 1.82) is 0 Å². The molecule has 2 atom stereocenters. The minimum absolute atomic E-state index is 0.0600. The Hall–Kier alpha value is -3.72. The van der Waals surface area contributed by atoms with E-state index in [0.717, 1.165) is 23.2 Å². The molecule has 0 radical (unpaired) electrons. The summed E-state index contributed by atoms with van der Waals surface area (Å²) in [6, 6.07) is 14.5. The molecule has 1 amide bonds. The highest BCUT2D eigenvalue weighted by Crippen LogP contribution is 2.48. The van der Waals surface area contributed by atoms with Crippen molar-refractivity contribution in [2.24, 2.45) is 4.99 Å². The first-order chi connectivity index (χ1) is 18.4. The SMILES string of the molecule is CCOC(=O)C1=C(c2ccccc2)N=C2SC=C(CC(=O)N[C@@H](C)CC)N2[C@@H]1c1cc(OC)cc(OC)c1. The van der Waals surface area contributed by atoms with Crippen molar-refractivity contribution in [3.63, 3.8) is 0 Å². The van der Waals surface area contributed by atoms with Crippen LogP contribution in [0.5, 0.6) is 11.5 Å². The molecule has 0 unspecified atom stereocenters. The lowest BCUT2D eigenvalue weighted by Crippen LogP contribution is -2.39. The monoisotopic (exact) mass is 535 g/mol. The highest BCUT2D eigenvalue weighted by molar-refractivity contribution is 8.16. The molecule has 200 valence electrons. The van der Waals surface area contributed by atoms with Gasteiger partial charge < -0.3 is 24.4 Å². The second kappa shape index (κ2) is 12.2. The van der Waals surface area contributed by atoms with Crippen LogP contribution in [0.3, 0.4) is 0 Å². The number of esters is 1. The number of carbonyl (C=O) groups is 2. The third kappa shape index (κ3) is 5.72. The van der Waals surface area contributed by atoms with Gasteiger partial charge in [-0.2, -0.15) is 0 Å². The number of fused-ring (bicyclic) bond motifs is 1. The van der Waals surface area contributed by atoms with Crippen LogP contribution in [0.15, 0.2) is 70.2 Å². The molecule has 0 fully saturated rings. The Morgan fingerprint density at radius 3 is 2.37 bits per heavy atom. The average Bonchev–Trinajstić information content (AvgIpc) is 3.33. The predicted octanol–water partition coefficient (Wildman–Crippen LogP) is 5.28. The van der Waals surface area contributed by atoms with E-state index < -0.39 is 12.0 Å². The number of rotatable bonds is 10. The summed E-state index contributed by atoms with van der Waals surface area (Å²) < 4.78 is 16.7. The van der Waals surface area contributed by atoms with E-state index in [4.69, 9.17) is 19.2 Å². The van der Waals surface area contributed by atoms with Gasteiger partial charge in [-0.25, -0.2) is 9.79 Å². The molecule has 0 saturated heterocycles. The van der Waals surface area contributed by atoms with Crippen LogP contribution in [0.2, 0.25) is 0 Å². The van der Waals surface area contributed by atoms with E-state index in [9.17, 15) is 9.59 Å². The fourth-order valence-electron chi connectivity index (χ4n) is 4.38. The fraction of sp³-hybridized carbons (Fsp3) is 0.345. The van der Waals surface area contributed by atoms with E-state index in [1.54, 1.807) is 27.2 Å². The molecule has 8 nitrogen and oxygen atoms in total. The molecule has 0 aromatic heterocycles. The molecule has 2 aliphatic heterocycles. The first-order valence-corrected chi connectivity index (χ1v) is 13.5. The number of carbonyl (C=O) groups excluding carboxylic acids is 2. The lowest BCUT2D eigenvalue weighted by molar-refractivity contribution is -0.139. The van der Waals surface area contributed by atoms with Crippen LogP contribution in [0.25, 0.3) is 5.70 Å². The Labute approximate surface area is 227 Å². The van der Waals surface area contributed by atoms with Gasteiger partial charge in [0.25, 0.3) is 0 Å². The molecule has 2 aliphatic rings. The first kappa shape index (κ1) is 27.3. The topological polar surface area (TPSA) is 89.5 Å². The zero-order chi connectivity index (χ0) is 27.2. The molecule has 9 heteroatoms. The number of amidine groups is 1. The third-order valence-electron chi connectivity index (χ3n) is 6.40. The molecule has 2 aromatic rings. The highest BCUT2D eigenvalue weighted by Gasteiger charge is 2.42. The second-order valence-corrected chi connectivity index (χ2v) is 9.78. The quantitative estimate of drug-likeness (QED) is 0.414. The minimum atomic E-state index is -0.626. The maximum atomic E-state index is 13.6. The molecule has 2 heterocycles. The molecular weight excluding hydrogens is 502 g/mol. The van der Waals surface area contributed by atoms with E-state index in [2.05, 4.69) is 5.32 Å². The van der Waals surface area contributed by atoms with Crippen molar-refractivity contribution in [3.05, 3.63) is 76.3 Å². The summed E-state index contributed by atoms with van der Waals surface area (Å²) in [5.74, 6) is 0.603. The maximum absolute atomic E-state index is 13.6. The van der Waals surface area contributed by atoms with Gasteiger partial charge in [0.15, 0.2) is 5.17 Å². The van der Waals surface area contributed by atoms with Gasteiger partial charge in [0.05, 0.1) is 44.6 Å². The largest absolute Gasteiger partial charge is 0.497 e. The Bertz CT molecular complexity index is 1270. The van der Waals surface area contributed by atoms with Gasteiger partial charge in [0.1, 0.15) is 11.5 Å². The Morgan fingerprint density at radius 1 is 1.08 bits per heavy atom. The molecule has 4 rings (SSSR count). The van der Waals surface area contributed by atoms with Crippen molar-refractivity contribution in [1.82, 2.24) is 10.2 Å². The number of amides is 1. The van der Waals surface area contributed by atoms with Crippen LogP contribution in [-0.4, -0.2) is 48.8 Å². The van der Waals surface area contributed by atoms with Crippen molar-refractivity contribution in [3.8, 4) is 11.5 Å². The Balaban J connectivity index is 1.90. The Morgan fingerprint density at radius 2 is 1.76 bits per heavy atom. The minimum Gasteiger partial charge on any atom is -0.497 e. The third-order valence-corrected chi connectivity index (χ3v) is 7.29. The van der Waals surface area contributed by atoms with Gasteiger partial charge in [-0.05, 0) is 43.4 Å². The zero-order valence-electron chi connectivity index (χ0n) is 22.3. The van der Waals surface area contributed by atoms with Crippen LogP contribution < -0.4 is 14.8 Å². The van der Waals surface area contributed by atoms with Gasteiger partial charge in [0.2, 0.25) is 5.91 Å². The molecular formula is C29H33N3O5S. The molecule has 0 saturated carbocycles. The molecule has 0 spiro atoms. The number of hydrogen-bond acceptors (Lipinski definition) is 8. The summed E-state index contributed by atoms with van der Waals surface area (Å²) in [5.41, 5.74) is 3.21. The number of benzene rings is 2. The van der Waals surface area contributed by atoms with Gasteiger partial charge in [0, 0.05) is 23.4 Å². The number of nitrogens with zero attached hydrogens (tertiary/aromatic N) is 2.